The van der Waals surface area contributed by atoms with Gasteiger partial charge in [0.25, 0.3) is 0 Å². The zero-order chi connectivity index (χ0) is 21.7. The minimum atomic E-state index is -3.94. The van der Waals surface area contributed by atoms with Crippen molar-refractivity contribution in [3.8, 4) is 0 Å². The number of hydrogen-bond donors (Lipinski definition) is 1. The second-order valence-corrected chi connectivity index (χ2v) is 9.52. The first-order valence-corrected chi connectivity index (χ1v) is 11.3. The molecule has 0 unspecified atom stereocenters. The summed E-state index contributed by atoms with van der Waals surface area (Å²) in [6.45, 7) is 1.62. The number of nitrogens with one attached hydrogen (secondary N) is 1. The molecular weight excluding hydrogens is 443 g/mol. The van der Waals surface area contributed by atoms with Crippen LogP contribution in [0.25, 0.3) is 0 Å². The van der Waals surface area contributed by atoms with Gasteiger partial charge in [-0.15, -0.1) is 0 Å². The van der Waals surface area contributed by atoms with Gasteiger partial charge in [0.1, 0.15) is 0 Å². The highest BCUT2D eigenvalue weighted by atomic mass is 35.5. The van der Waals surface area contributed by atoms with Gasteiger partial charge in [-0.25, -0.2) is 8.42 Å². The van der Waals surface area contributed by atoms with Gasteiger partial charge in [0.05, 0.1) is 22.2 Å². The Morgan fingerprint density at radius 1 is 0.933 bits per heavy atom. The third-order valence-electron chi connectivity index (χ3n) is 4.40. The van der Waals surface area contributed by atoms with Gasteiger partial charge >= 0.3 is 0 Å². The van der Waals surface area contributed by atoms with E-state index in [0.717, 1.165) is 15.4 Å². The van der Waals surface area contributed by atoms with Crippen molar-refractivity contribution in [2.45, 2.75) is 18.4 Å². The number of benzene rings is 3. The van der Waals surface area contributed by atoms with E-state index in [2.05, 4.69) is 5.32 Å². The van der Waals surface area contributed by atoms with Crippen molar-refractivity contribution in [1.29, 1.82) is 0 Å². The molecule has 5 nitrogen and oxygen atoms in total. The molecule has 0 aliphatic carbocycles. The molecule has 1 amide bonds. The number of amides is 1. The van der Waals surface area contributed by atoms with Gasteiger partial charge in [-0.1, -0.05) is 65.2 Å². The lowest BCUT2D eigenvalue weighted by atomic mass is 10.1. The van der Waals surface area contributed by atoms with Crippen molar-refractivity contribution in [3.05, 3.63) is 94.0 Å². The minimum absolute atomic E-state index is 0.0428. The van der Waals surface area contributed by atoms with Crippen LogP contribution in [0.3, 0.4) is 0 Å². The average molecular weight is 463 g/mol. The van der Waals surface area contributed by atoms with Crippen LogP contribution in [0.1, 0.15) is 11.1 Å². The quantitative estimate of drug-likeness (QED) is 0.528. The third kappa shape index (κ3) is 5.61. The van der Waals surface area contributed by atoms with Gasteiger partial charge in [0.2, 0.25) is 15.9 Å². The van der Waals surface area contributed by atoms with E-state index in [1.54, 1.807) is 24.3 Å². The maximum Gasteiger partial charge on any atom is 0.243 e. The first-order chi connectivity index (χ1) is 14.3. The van der Waals surface area contributed by atoms with Crippen LogP contribution in [-0.2, 0) is 21.4 Å². The van der Waals surface area contributed by atoms with Crippen molar-refractivity contribution < 1.29 is 13.2 Å². The lowest BCUT2D eigenvalue weighted by Gasteiger charge is -2.22. The molecule has 0 fully saturated rings. The number of carbonyl (C=O) groups excluding carboxylic acids is 1. The van der Waals surface area contributed by atoms with Crippen LogP contribution in [-0.4, -0.2) is 25.2 Å². The smallest absolute Gasteiger partial charge is 0.243 e. The molecule has 1 N–H and O–H groups in total. The molecular formula is C22H20Cl2N2O3S. The molecule has 0 radical (unpaired) electrons. The largest absolute Gasteiger partial charge is 0.324 e. The van der Waals surface area contributed by atoms with Crippen molar-refractivity contribution >= 4 is 44.8 Å². The van der Waals surface area contributed by atoms with Crippen LogP contribution in [0.5, 0.6) is 0 Å². The van der Waals surface area contributed by atoms with Crippen molar-refractivity contribution in [3.63, 3.8) is 0 Å². The Hall–Kier alpha value is -2.38. The first-order valence-electron chi connectivity index (χ1n) is 9.11. The number of nitrogens with zero attached hydrogens (tertiary/aromatic N) is 1. The number of anilines is 1. The van der Waals surface area contributed by atoms with E-state index in [9.17, 15) is 13.2 Å². The van der Waals surface area contributed by atoms with Crippen LogP contribution in [0, 0.1) is 6.92 Å². The summed E-state index contributed by atoms with van der Waals surface area (Å²) in [5.74, 6) is -0.493. The lowest BCUT2D eigenvalue weighted by molar-refractivity contribution is -0.116. The average Bonchev–Trinajstić information content (AvgIpc) is 2.71. The Labute approximate surface area is 186 Å². The molecule has 0 heterocycles. The van der Waals surface area contributed by atoms with Crippen LogP contribution < -0.4 is 5.32 Å². The van der Waals surface area contributed by atoms with Crippen LogP contribution in [0.2, 0.25) is 10.0 Å². The maximum absolute atomic E-state index is 13.2. The molecule has 0 aliphatic heterocycles. The molecule has 156 valence electrons. The number of para-hydroxylation sites is 1. The Bertz CT molecular complexity index is 1130. The van der Waals surface area contributed by atoms with Crippen LogP contribution in [0.4, 0.5) is 5.69 Å². The van der Waals surface area contributed by atoms with Gasteiger partial charge in [0.15, 0.2) is 0 Å². The molecule has 3 aromatic carbocycles. The third-order valence-corrected chi connectivity index (χ3v) is 6.79. The van der Waals surface area contributed by atoms with Gasteiger partial charge in [-0.3, -0.25) is 4.79 Å². The fraction of sp³-hybridized carbons (Fsp3) is 0.136. The van der Waals surface area contributed by atoms with Gasteiger partial charge < -0.3 is 5.32 Å². The molecule has 0 spiro atoms. The Balaban J connectivity index is 1.88. The van der Waals surface area contributed by atoms with E-state index in [4.69, 9.17) is 23.2 Å². The predicted octanol–water partition coefficient (Wildman–Crippen LogP) is 5.13. The van der Waals surface area contributed by atoms with Gasteiger partial charge in [-0.05, 0) is 48.9 Å². The second kappa shape index (κ2) is 9.62. The topological polar surface area (TPSA) is 66.5 Å². The van der Waals surface area contributed by atoms with Crippen molar-refractivity contribution in [2.75, 3.05) is 11.9 Å². The highest BCUT2D eigenvalue weighted by molar-refractivity contribution is 7.89. The van der Waals surface area contributed by atoms with Crippen molar-refractivity contribution in [1.82, 2.24) is 4.31 Å². The standard InChI is InChI=1S/C22H20Cl2N2O3S/c1-16-6-8-17(9-7-16)14-26(30(28,29)19-12-10-18(23)11-13-19)15-22(27)25-21-5-3-2-4-20(21)24/h2-13H,14-15H2,1H3,(H,25,27). The van der Waals surface area contributed by atoms with E-state index >= 15 is 0 Å². The number of halogens is 2. The first kappa shape index (κ1) is 22.3. The molecule has 0 saturated heterocycles. The molecule has 3 rings (SSSR count). The zero-order valence-corrected chi connectivity index (χ0v) is 18.5. The van der Waals surface area contributed by atoms with E-state index in [0.29, 0.717) is 15.7 Å². The maximum atomic E-state index is 13.2. The number of sulfonamides is 1. The number of hydrogen-bond acceptors (Lipinski definition) is 3. The summed E-state index contributed by atoms with van der Waals surface area (Å²) in [7, 11) is -3.94. The Morgan fingerprint density at radius 2 is 1.57 bits per heavy atom. The molecule has 0 saturated carbocycles. The van der Waals surface area contributed by atoms with Gasteiger partial charge in [0, 0.05) is 11.6 Å². The second-order valence-electron chi connectivity index (χ2n) is 6.74. The number of carbonyl (C=O) groups is 1. The predicted molar refractivity (Wildman–Crippen MR) is 120 cm³/mol. The zero-order valence-electron chi connectivity index (χ0n) is 16.2. The Morgan fingerprint density at radius 3 is 2.20 bits per heavy atom. The molecule has 0 atom stereocenters. The normalized spacial score (nSPS) is 11.5. The monoisotopic (exact) mass is 462 g/mol. The summed E-state index contributed by atoms with van der Waals surface area (Å²) in [6, 6.07) is 20.1. The summed E-state index contributed by atoms with van der Waals surface area (Å²) in [5, 5.41) is 3.47. The van der Waals surface area contributed by atoms with E-state index in [1.807, 2.05) is 31.2 Å². The molecule has 0 aliphatic rings. The Kier molecular flexibility index (Phi) is 7.15. The summed E-state index contributed by atoms with van der Waals surface area (Å²) in [6.07, 6.45) is 0. The molecule has 3 aromatic rings. The highest BCUT2D eigenvalue weighted by Crippen LogP contribution is 2.23. The summed E-state index contributed by atoms with van der Waals surface area (Å²) in [4.78, 5) is 12.7. The van der Waals surface area contributed by atoms with Crippen LogP contribution >= 0.6 is 23.2 Å². The fourth-order valence-corrected chi connectivity index (χ4v) is 4.48. The fourth-order valence-electron chi connectivity index (χ4n) is 2.79. The van der Waals surface area contributed by atoms with E-state index < -0.39 is 15.9 Å². The summed E-state index contributed by atoms with van der Waals surface area (Å²) in [5.41, 5.74) is 2.24. The summed E-state index contributed by atoms with van der Waals surface area (Å²) >= 11 is 12.0. The van der Waals surface area contributed by atoms with E-state index in [-0.39, 0.29) is 18.0 Å². The van der Waals surface area contributed by atoms with Crippen LogP contribution in [0.15, 0.2) is 77.7 Å². The van der Waals surface area contributed by atoms with Gasteiger partial charge in [-0.2, -0.15) is 4.31 Å². The molecule has 0 aromatic heterocycles. The lowest BCUT2D eigenvalue weighted by Crippen LogP contribution is -2.37. The SMILES string of the molecule is Cc1ccc(CN(CC(=O)Nc2ccccc2Cl)S(=O)(=O)c2ccc(Cl)cc2)cc1. The number of aryl methyl sites for hydroxylation is 1. The molecule has 8 heteroatoms. The molecule has 30 heavy (non-hydrogen) atoms. The minimum Gasteiger partial charge on any atom is -0.324 e. The van der Waals surface area contributed by atoms with Crippen molar-refractivity contribution in [2.24, 2.45) is 0 Å². The number of rotatable bonds is 7. The molecule has 0 bridgehead atoms. The summed E-state index contributed by atoms with van der Waals surface area (Å²) < 4.78 is 27.6. The highest BCUT2D eigenvalue weighted by Gasteiger charge is 2.27. The van der Waals surface area contributed by atoms with E-state index in [1.165, 1.54) is 24.3 Å².